The van der Waals surface area contributed by atoms with Gasteiger partial charge in [0.15, 0.2) is 11.6 Å². The highest BCUT2D eigenvalue weighted by Gasteiger charge is 2.54. The topological polar surface area (TPSA) is 83.9 Å². The van der Waals surface area contributed by atoms with E-state index in [9.17, 15) is 13.6 Å². The maximum Gasteiger partial charge on any atom is 0.258 e. The van der Waals surface area contributed by atoms with Gasteiger partial charge < -0.3 is 24.2 Å². The summed E-state index contributed by atoms with van der Waals surface area (Å²) in [5.41, 5.74) is 2.59. The number of pyridine rings is 1. The molecule has 4 aliphatic rings. The lowest BCUT2D eigenvalue weighted by molar-refractivity contribution is -0.0352. The molecule has 7 rings (SSSR count). The van der Waals surface area contributed by atoms with Gasteiger partial charge in [0.05, 0.1) is 11.8 Å². The lowest BCUT2D eigenvalue weighted by atomic mass is 9.61. The van der Waals surface area contributed by atoms with E-state index in [4.69, 9.17) is 9.47 Å². The van der Waals surface area contributed by atoms with Gasteiger partial charge in [-0.15, -0.1) is 0 Å². The van der Waals surface area contributed by atoms with Crippen molar-refractivity contribution in [3.63, 3.8) is 0 Å². The molecule has 44 heavy (non-hydrogen) atoms. The fourth-order valence-corrected chi connectivity index (χ4v) is 7.20. The summed E-state index contributed by atoms with van der Waals surface area (Å²) in [4.78, 5) is 33.0. The van der Waals surface area contributed by atoms with Crippen LogP contribution in [-0.4, -0.2) is 81.7 Å². The maximum absolute atomic E-state index is 14.4. The van der Waals surface area contributed by atoms with Gasteiger partial charge >= 0.3 is 0 Å². The van der Waals surface area contributed by atoms with Gasteiger partial charge in [0.1, 0.15) is 35.9 Å². The third kappa shape index (κ3) is 5.35. The van der Waals surface area contributed by atoms with Crippen LogP contribution in [0.4, 0.5) is 14.6 Å². The molecule has 9 nitrogen and oxygen atoms in total. The summed E-state index contributed by atoms with van der Waals surface area (Å²) in [5, 5.41) is 0. The zero-order valence-corrected chi connectivity index (χ0v) is 25.4. The number of likely N-dealkylation sites (N-methyl/N-ethyl adjacent to an activating group) is 1. The molecule has 2 saturated carbocycles. The fourth-order valence-electron chi connectivity index (χ4n) is 7.20. The summed E-state index contributed by atoms with van der Waals surface area (Å²) >= 11 is 0. The van der Waals surface area contributed by atoms with Crippen LogP contribution >= 0.6 is 0 Å². The van der Waals surface area contributed by atoms with Crippen LogP contribution < -0.4 is 14.4 Å². The zero-order chi connectivity index (χ0) is 30.6. The lowest BCUT2D eigenvalue weighted by Gasteiger charge is -2.59. The number of carbonyl (C=O) groups is 1. The largest absolute Gasteiger partial charge is 0.490 e. The molecule has 3 fully saturated rings. The Morgan fingerprint density at radius 2 is 1.91 bits per heavy atom. The summed E-state index contributed by atoms with van der Waals surface area (Å²) in [6.45, 7) is 7.24. The van der Waals surface area contributed by atoms with Crippen molar-refractivity contribution in [3.8, 4) is 17.2 Å². The normalized spacial score (nSPS) is 22.5. The van der Waals surface area contributed by atoms with Crippen LogP contribution in [0.2, 0.25) is 0 Å². The van der Waals surface area contributed by atoms with Crippen LogP contribution in [0.3, 0.4) is 0 Å². The molecular weight excluding hydrogens is 566 g/mol. The van der Waals surface area contributed by atoms with Crippen LogP contribution in [0.1, 0.15) is 61.1 Å². The van der Waals surface area contributed by atoms with Crippen LogP contribution in [0.5, 0.6) is 17.2 Å². The number of ether oxygens (including phenoxy) is 2. The summed E-state index contributed by atoms with van der Waals surface area (Å²) in [5.74, 6) is 1.27. The van der Waals surface area contributed by atoms with Gasteiger partial charge in [-0.25, -0.2) is 18.7 Å². The van der Waals surface area contributed by atoms with Crippen molar-refractivity contribution in [1.82, 2.24) is 24.8 Å². The van der Waals surface area contributed by atoms with E-state index in [1.165, 1.54) is 30.1 Å². The number of rotatable bonds is 8. The summed E-state index contributed by atoms with van der Waals surface area (Å²) in [6.07, 6.45) is 7.58. The van der Waals surface area contributed by atoms with Crippen LogP contribution in [0.15, 0.2) is 43.0 Å². The second-order valence-corrected chi connectivity index (χ2v) is 13.2. The van der Waals surface area contributed by atoms with Gasteiger partial charge in [0, 0.05) is 67.6 Å². The van der Waals surface area contributed by atoms with E-state index in [1.54, 1.807) is 11.1 Å². The quantitative estimate of drug-likeness (QED) is 0.348. The first-order valence-corrected chi connectivity index (χ1v) is 15.5. The highest BCUT2D eigenvalue weighted by atomic mass is 19.1. The number of halogens is 2. The van der Waals surface area contributed by atoms with E-state index in [-0.39, 0.29) is 53.7 Å². The predicted octanol–water partition coefficient (Wildman–Crippen LogP) is 5.19. The number of amides is 1. The molecule has 1 amide bonds. The van der Waals surface area contributed by atoms with Gasteiger partial charge in [0.2, 0.25) is 0 Å². The highest BCUT2D eigenvalue weighted by Crippen LogP contribution is 2.52. The SMILES string of the molecule is CC(C)N(C(=O)c1cc(F)ccc1Oc1cncnc1N1CC2(CC(Oc3ccnc4c3CN(C)CC4)C2)C1)C1CC(F)C1. The molecule has 0 atom stereocenters. The second-order valence-electron chi connectivity index (χ2n) is 13.2. The molecule has 232 valence electrons. The number of benzene rings is 1. The predicted molar refractivity (Wildman–Crippen MR) is 160 cm³/mol. The number of aromatic nitrogens is 3. The van der Waals surface area contributed by atoms with E-state index in [1.807, 2.05) is 26.1 Å². The number of hydrogen-bond acceptors (Lipinski definition) is 8. The molecule has 3 aromatic rings. The molecule has 4 heterocycles. The number of hydrogen-bond donors (Lipinski definition) is 0. The fraction of sp³-hybridized carbons (Fsp3) is 0.515. The van der Waals surface area contributed by atoms with Gasteiger partial charge in [0.25, 0.3) is 5.91 Å². The Balaban J connectivity index is 1.03. The molecule has 11 heteroatoms. The molecular formula is C33H38F2N6O3. The molecule has 0 radical (unpaired) electrons. The summed E-state index contributed by atoms with van der Waals surface area (Å²) in [7, 11) is 2.12. The first kappa shape index (κ1) is 28.9. The Labute approximate surface area is 256 Å². The van der Waals surface area contributed by atoms with Crippen molar-refractivity contribution in [2.75, 3.05) is 31.6 Å². The zero-order valence-electron chi connectivity index (χ0n) is 25.4. The summed E-state index contributed by atoms with van der Waals surface area (Å²) < 4.78 is 40.8. The Kier molecular flexibility index (Phi) is 7.39. The van der Waals surface area contributed by atoms with Gasteiger partial charge in [-0.1, -0.05) is 0 Å². The van der Waals surface area contributed by atoms with Crippen molar-refractivity contribution >= 4 is 11.7 Å². The molecule has 0 unspecified atom stereocenters. The van der Waals surface area contributed by atoms with Gasteiger partial charge in [-0.05, 0) is 70.8 Å². The number of nitrogens with zero attached hydrogens (tertiary/aromatic N) is 6. The summed E-state index contributed by atoms with van der Waals surface area (Å²) in [6, 6.07) is 5.50. The number of anilines is 1. The van der Waals surface area contributed by atoms with Crippen molar-refractivity contribution in [2.45, 2.75) is 76.9 Å². The van der Waals surface area contributed by atoms with Gasteiger partial charge in [-0.2, -0.15) is 0 Å². The number of carbonyl (C=O) groups excluding carboxylic acids is 1. The first-order chi connectivity index (χ1) is 21.2. The third-order valence-corrected chi connectivity index (χ3v) is 9.52. The molecule has 1 saturated heterocycles. The highest BCUT2D eigenvalue weighted by molar-refractivity contribution is 5.97. The first-order valence-electron chi connectivity index (χ1n) is 15.5. The average Bonchev–Trinajstić information content (AvgIpc) is 2.94. The average molecular weight is 605 g/mol. The minimum Gasteiger partial charge on any atom is -0.490 e. The Morgan fingerprint density at radius 1 is 1.11 bits per heavy atom. The van der Waals surface area contributed by atoms with Crippen molar-refractivity contribution in [2.24, 2.45) is 5.41 Å². The third-order valence-electron chi connectivity index (χ3n) is 9.52. The second kappa shape index (κ2) is 11.3. The van der Waals surface area contributed by atoms with Crippen molar-refractivity contribution in [3.05, 3.63) is 65.6 Å². The van der Waals surface area contributed by atoms with Gasteiger partial charge in [-0.3, -0.25) is 9.78 Å². The monoisotopic (exact) mass is 604 g/mol. The Morgan fingerprint density at radius 3 is 2.66 bits per heavy atom. The van der Waals surface area contributed by atoms with E-state index >= 15 is 0 Å². The van der Waals surface area contributed by atoms with E-state index < -0.39 is 12.0 Å². The van der Waals surface area contributed by atoms with Crippen LogP contribution in [-0.2, 0) is 13.0 Å². The lowest BCUT2D eigenvalue weighted by Crippen LogP contribution is -2.65. The van der Waals surface area contributed by atoms with Crippen molar-refractivity contribution < 1.29 is 23.0 Å². The molecule has 1 aromatic carbocycles. The van der Waals surface area contributed by atoms with Crippen LogP contribution in [0.25, 0.3) is 0 Å². The Hall–Kier alpha value is -3.86. The molecule has 1 spiro atoms. The van der Waals surface area contributed by atoms with E-state index in [0.717, 1.165) is 56.9 Å². The molecule has 2 aromatic heterocycles. The smallest absolute Gasteiger partial charge is 0.258 e. The molecule has 2 aliphatic carbocycles. The van der Waals surface area contributed by atoms with E-state index in [0.29, 0.717) is 11.6 Å². The minimum absolute atomic E-state index is 0.0966. The molecule has 0 N–H and O–H groups in total. The number of fused-ring (bicyclic) bond motifs is 1. The number of alkyl halides is 1. The maximum atomic E-state index is 14.4. The minimum atomic E-state index is -0.915. The van der Waals surface area contributed by atoms with Crippen LogP contribution in [0, 0.1) is 11.2 Å². The van der Waals surface area contributed by atoms with Crippen molar-refractivity contribution in [1.29, 1.82) is 0 Å². The van der Waals surface area contributed by atoms with E-state index in [2.05, 4.69) is 31.8 Å². The molecule has 2 aliphatic heterocycles. The Bertz CT molecular complexity index is 1550. The molecule has 0 bridgehead atoms. The standard InChI is InChI=1S/C33H38F2N6O3/c1-20(2)41(23-10-22(35)11-23)32(42)25-12-21(34)4-5-28(25)44-30-15-36-19-38-31(30)40-17-33(18-40)13-24(14-33)43-29-6-8-37-27-7-9-39(3)16-26(27)29/h4-6,8,12,15,19-20,22-24H,7,9-11,13-14,16-18H2,1-3H3.